The van der Waals surface area contributed by atoms with Crippen molar-refractivity contribution in [1.29, 1.82) is 0 Å². The monoisotopic (exact) mass is 404 g/mol. The Bertz CT molecular complexity index is 830. The lowest BCUT2D eigenvalue weighted by atomic mass is 9.88. The summed E-state index contributed by atoms with van der Waals surface area (Å²) in [5.41, 5.74) is 7.98. The Morgan fingerprint density at radius 1 is 1.33 bits per heavy atom. The fraction of sp³-hybridized carbons (Fsp3) is 0.400. The van der Waals surface area contributed by atoms with Gasteiger partial charge in [-0.05, 0) is 61.9 Å². The first-order chi connectivity index (χ1) is 13.0. The van der Waals surface area contributed by atoms with Crippen molar-refractivity contribution < 1.29 is 14.3 Å². The van der Waals surface area contributed by atoms with Crippen molar-refractivity contribution in [3.63, 3.8) is 0 Å². The van der Waals surface area contributed by atoms with Crippen molar-refractivity contribution in [3.8, 4) is 0 Å². The van der Waals surface area contributed by atoms with Crippen LogP contribution in [-0.4, -0.2) is 24.2 Å². The molecule has 0 radical (unpaired) electrons. The maximum Gasteiger partial charge on any atom is 0.341 e. The number of fused-ring (bicyclic) bond motifs is 1. The van der Waals surface area contributed by atoms with Crippen LogP contribution in [0.5, 0.6) is 0 Å². The number of hydrogen-bond donors (Lipinski definition) is 2. The van der Waals surface area contributed by atoms with E-state index in [0.717, 1.165) is 29.7 Å². The molecule has 0 fully saturated rings. The highest BCUT2D eigenvalue weighted by atomic mass is 32.2. The molecule has 7 heteroatoms. The summed E-state index contributed by atoms with van der Waals surface area (Å²) in [6.45, 7) is 4.33. The molecule has 0 saturated carbocycles. The van der Waals surface area contributed by atoms with Crippen LogP contribution in [0, 0.1) is 5.92 Å². The van der Waals surface area contributed by atoms with Crippen molar-refractivity contribution in [2.24, 2.45) is 5.92 Å². The molecular formula is C20H24N2O3S2. The molecule has 0 bridgehead atoms. The molecule has 1 amide bonds. The lowest BCUT2D eigenvalue weighted by Crippen LogP contribution is -2.17. The van der Waals surface area contributed by atoms with E-state index in [1.165, 1.54) is 28.0 Å². The zero-order valence-corrected chi connectivity index (χ0v) is 17.2. The van der Waals surface area contributed by atoms with Gasteiger partial charge in [-0.3, -0.25) is 4.79 Å². The number of thioether (sulfide) groups is 1. The van der Waals surface area contributed by atoms with Crippen LogP contribution >= 0.6 is 23.1 Å². The van der Waals surface area contributed by atoms with Crippen LogP contribution in [0.25, 0.3) is 0 Å². The number of carbonyl (C=O) groups excluding carboxylic acids is 2. The average molecular weight is 405 g/mol. The fourth-order valence-electron chi connectivity index (χ4n) is 3.13. The van der Waals surface area contributed by atoms with E-state index >= 15 is 0 Å². The van der Waals surface area contributed by atoms with E-state index in [2.05, 4.69) is 12.2 Å². The van der Waals surface area contributed by atoms with Crippen LogP contribution < -0.4 is 11.1 Å². The van der Waals surface area contributed by atoms with Gasteiger partial charge in [0.25, 0.3) is 0 Å². The minimum atomic E-state index is -0.342. The normalized spacial score (nSPS) is 15.9. The maximum absolute atomic E-state index is 12.5. The highest BCUT2D eigenvalue weighted by molar-refractivity contribution is 8.00. The Morgan fingerprint density at radius 3 is 2.78 bits per heavy atom. The second-order valence-corrected chi connectivity index (χ2v) is 8.84. The topological polar surface area (TPSA) is 81.4 Å². The van der Waals surface area contributed by atoms with E-state index in [1.54, 1.807) is 6.92 Å². The third-order valence-electron chi connectivity index (χ3n) is 4.49. The quantitative estimate of drug-likeness (QED) is 0.425. The summed E-state index contributed by atoms with van der Waals surface area (Å²) < 4.78 is 5.24. The summed E-state index contributed by atoms with van der Waals surface area (Å²) in [7, 11) is 0. The Kier molecular flexibility index (Phi) is 6.44. The minimum absolute atomic E-state index is 0.131. The second-order valence-electron chi connectivity index (χ2n) is 6.68. The molecule has 3 rings (SSSR count). The molecule has 27 heavy (non-hydrogen) atoms. The van der Waals surface area contributed by atoms with E-state index in [1.807, 2.05) is 24.3 Å². The number of esters is 1. The van der Waals surface area contributed by atoms with Crippen LogP contribution in [-0.2, 0) is 22.4 Å². The van der Waals surface area contributed by atoms with E-state index in [4.69, 9.17) is 10.5 Å². The van der Waals surface area contributed by atoms with Crippen LogP contribution in [0.3, 0.4) is 0 Å². The van der Waals surface area contributed by atoms with Crippen molar-refractivity contribution in [3.05, 3.63) is 40.3 Å². The average Bonchev–Trinajstić information content (AvgIpc) is 2.98. The molecule has 1 aromatic carbocycles. The smallest absolute Gasteiger partial charge is 0.341 e. The van der Waals surface area contributed by atoms with Crippen molar-refractivity contribution in [2.45, 2.75) is 38.0 Å². The molecule has 0 saturated heterocycles. The Labute approximate surface area is 167 Å². The lowest BCUT2D eigenvalue weighted by molar-refractivity contribution is -0.113. The summed E-state index contributed by atoms with van der Waals surface area (Å²) in [5, 5.41) is 3.56. The van der Waals surface area contributed by atoms with Gasteiger partial charge in [0, 0.05) is 15.5 Å². The number of nitrogen functional groups attached to an aromatic ring is 1. The Morgan fingerprint density at radius 2 is 2.07 bits per heavy atom. The number of ether oxygens (including phenoxy) is 1. The molecule has 144 valence electrons. The summed E-state index contributed by atoms with van der Waals surface area (Å²) in [6, 6.07) is 7.41. The van der Waals surface area contributed by atoms with E-state index in [9.17, 15) is 9.59 Å². The minimum Gasteiger partial charge on any atom is -0.462 e. The van der Waals surface area contributed by atoms with Gasteiger partial charge in [0.1, 0.15) is 5.00 Å². The number of nitrogens with two attached hydrogens (primary N) is 1. The fourth-order valence-corrected chi connectivity index (χ4v) is 5.25. The van der Waals surface area contributed by atoms with Gasteiger partial charge >= 0.3 is 5.97 Å². The lowest BCUT2D eigenvalue weighted by Gasteiger charge is -2.18. The third kappa shape index (κ3) is 4.84. The molecule has 0 aliphatic heterocycles. The number of amides is 1. The first-order valence-electron chi connectivity index (χ1n) is 9.07. The first-order valence-corrected chi connectivity index (χ1v) is 10.9. The SMILES string of the molecule is CCOC(=O)c1c(NC(=O)CSc2ccc(N)cc2)sc2c1CCC(C)C2. The maximum atomic E-state index is 12.5. The summed E-state index contributed by atoms with van der Waals surface area (Å²) in [6.07, 6.45) is 2.86. The highest BCUT2D eigenvalue weighted by Crippen LogP contribution is 2.40. The molecule has 1 aliphatic carbocycles. The van der Waals surface area contributed by atoms with E-state index in [0.29, 0.717) is 28.8 Å². The molecule has 1 aromatic heterocycles. The zero-order chi connectivity index (χ0) is 19.4. The number of benzene rings is 1. The highest BCUT2D eigenvalue weighted by Gasteiger charge is 2.29. The van der Waals surface area contributed by atoms with Crippen molar-refractivity contribution in [1.82, 2.24) is 0 Å². The molecule has 0 spiro atoms. The molecule has 5 nitrogen and oxygen atoms in total. The molecule has 3 N–H and O–H groups in total. The van der Waals surface area contributed by atoms with Crippen LogP contribution in [0.1, 0.15) is 41.1 Å². The molecule has 2 aromatic rings. The third-order valence-corrected chi connectivity index (χ3v) is 6.68. The van der Waals surface area contributed by atoms with Crippen LogP contribution in [0.15, 0.2) is 29.2 Å². The van der Waals surface area contributed by atoms with E-state index < -0.39 is 0 Å². The predicted molar refractivity (Wildman–Crippen MR) is 112 cm³/mol. The van der Waals surface area contributed by atoms with Crippen LogP contribution in [0.2, 0.25) is 0 Å². The van der Waals surface area contributed by atoms with Gasteiger partial charge in [0.05, 0.1) is 17.9 Å². The number of anilines is 2. The summed E-state index contributed by atoms with van der Waals surface area (Å²) in [5.74, 6) is 0.390. The van der Waals surface area contributed by atoms with Gasteiger partial charge in [0.2, 0.25) is 5.91 Å². The van der Waals surface area contributed by atoms with E-state index in [-0.39, 0.29) is 17.6 Å². The van der Waals surface area contributed by atoms with Gasteiger partial charge in [-0.2, -0.15) is 0 Å². The standard InChI is InChI=1S/C20H24N2O3S2/c1-3-25-20(24)18-15-9-4-12(2)10-16(15)27-19(18)22-17(23)11-26-14-7-5-13(21)6-8-14/h5-8,12H,3-4,9-11,21H2,1-2H3,(H,22,23). The largest absolute Gasteiger partial charge is 0.462 e. The van der Waals surface area contributed by atoms with Gasteiger partial charge in [0.15, 0.2) is 0 Å². The Balaban J connectivity index is 1.73. The second kappa shape index (κ2) is 8.80. The summed E-state index contributed by atoms with van der Waals surface area (Å²) in [4.78, 5) is 27.1. The van der Waals surface area contributed by atoms with Gasteiger partial charge in [-0.15, -0.1) is 23.1 Å². The van der Waals surface area contributed by atoms with Crippen molar-refractivity contribution in [2.75, 3.05) is 23.4 Å². The number of carbonyl (C=O) groups is 2. The van der Waals surface area contributed by atoms with Gasteiger partial charge in [-0.1, -0.05) is 6.92 Å². The molecule has 1 heterocycles. The van der Waals surface area contributed by atoms with Crippen LogP contribution in [0.4, 0.5) is 10.7 Å². The number of hydrogen-bond acceptors (Lipinski definition) is 6. The number of nitrogens with one attached hydrogen (secondary N) is 1. The predicted octanol–water partition coefficient (Wildman–Crippen LogP) is 4.36. The number of rotatable bonds is 6. The van der Waals surface area contributed by atoms with Gasteiger partial charge in [-0.25, -0.2) is 4.79 Å². The zero-order valence-electron chi connectivity index (χ0n) is 15.5. The van der Waals surface area contributed by atoms with Crippen molar-refractivity contribution >= 4 is 45.7 Å². The molecule has 1 unspecified atom stereocenters. The number of thiophene rings is 1. The first kappa shape index (κ1) is 19.8. The molecule has 1 aliphatic rings. The van der Waals surface area contributed by atoms with Gasteiger partial charge < -0.3 is 15.8 Å². The molecular weight excluding hydrogens is 380 g/mol. The Hall–Kier alpha value is -1.99. The summed E-state index contributed by atoms with van der Waals surface area (Å²) >= 11 is 2.95. The molecule has 1 atom stereocenters.